The Balaban J connectivity index is 2.37. The maximum Gasteiger partial charge on any atom is 0.141 e. The van der Waals surface area contributed by atoms with Crippen LogP contribution in [0.4, 0.5) is 4.39 Å². The van der Waals surface area contributed by atoms with E-state index < -0.39 is 0 Å². The molecule has 0 aromatic heterocycles. The molecule has 0 bridgehead atoms. The molecule has 2 rings (SSSR count). The minimum atomic E-state index is -0.376. The van der Waals surface area contributed by atoms with E-state index in [1.165, 1.54) is 17.2 Å². The third kappa shape index (κ3) is 3.88. The molecule has 2 aromatic carbocycles. The summed E-state index contributed by atoms with van der Waals surface area (Å²) in [5.74, 6) is -0.376. The number of hydrogen-bond acceptors (Lipinski definition) is 0. The van der Waals surface area contributed by atoms with E-state index in [0.717, 1.165) is 22.6 Å². The van der Waals surface area contributed by atoms with Gasteiger partial charge in [0, 0.05) is 16.1 Å². The van der Waals surface area contributed by atoms with Crippen LogP contribution in [0.2, 0.25) is 5.02 Å². The molecule has 21 heavy (non-hydrogen) atoms. The van der Waals surface area contributed by atoms with Gasteiger partial charge in [0.25, 0.3) is 0 Å². The van der Waals surface area contributed by atoms with Crippen molar-refractivity contribution in [3.63, 3.8) is 0 Å². The predicted octanol–water partition coefficient (Wildman–Crippen LogP) is 6.06. The zero-order valence-electron chi connectivity index (χ0n) is 11.7. The Morgan fingerprint density at radius 2 is 1.67 bits per heavy atom. The molecule has 0 saturated heterocycles. The Bertz CT molecular complexity index is 607. The van der Waals surface area contributed by atoms with Crippen LogP contribution in [0.1, 0.15) is 16.7 Å². The number of rotatable bonds is 5. The van der Waals surface area contributed by atoms with Gasteiger partial charge in [0.1, 0.15) is 5.82 Å². The Morgan fingerprint density at radius 1 is 1.05 bits per heavy atom. The number of alkyl halides is 2. The average Bonchev–Trinajstić information content (AvgIpc) is 2.49. The van der Waals surface area contributed by atoms with Crippen molar-refractivity contribution in [2.45, 2.75) is 18.8 Å². The minimum Gasteiger partial charge on any atom is -0.205 e. The van der Waals surface area contributed by atoms with Crippen molar-refractivity contribution in [1.29, 1.82) is 0 Å². The molecule has 0 aliphatic rings. The van der Waals surface area contributed by atoms with E-state index in [4.69, 9.17) is 11.6 Å². The highest BCUT2D eigenvalue weighted by molar-refractivity contribution is 9.09. The summed E-state index contributed by atoms with van der Waals surface area (Å²) in [4.78, 5) is 0. The van der Waals surface area contributed by atoms with Gasteiger partial charge in [-0.2, -0.15) is 0 Å². The second kappa shape index (κ2) is 7.26. The Morgan fingerprint density at radius 3 is 2.19 bits per heavy atom. The molecule has 0 radical (unpaired) electrons. The summed E-state index contributed by atoms with van der Waals surface area (Å²) >= 11 is 13.2. The fraction of sp³-hybridized carbons (Fsp3) is 0.294. The maximum atomic E-state index is 13.3. The largest absolute Gasteiger partial charge is 0.205 e. The lowest BCUT2D eigenvalue weighted by atomic mass is 9.79. The first-order valence-corrected chi connectivity index (χ1v) is 9.26. The fourth-order valence-corrected chi connectivity index (χ4v) is 4.51. The summed E-state index contributed by atoms with van der Waals surface area (Å²) in [6, 6.07) is 13.5. The summed E-state index contributed by atoms with van der Waals surface area (Å²) in [6.07, 6.45) is 0.784. The van der Waals surface area contributed by atoms with Crippen molar-refractivity contribution in [1.82, 2.24) is 0 Å². The molecule has 0 aliphatic carbocycles. The molecule has 0 saturated carbocycles. The van der Waals surface area contributed by atoms with Gasteiger partial charge >= 0.3 is 0 Å². The number of hydrogen-bond donors (Lipinski definition) is 0. The normalized spacial score (nSPS) is 11.7. The second-order valence-electron chi connectivity index (χ2n) is 5.34. The molecule has 0 nitrogen and oxygen atoms in total. The monoisotopic (exact) mass is 432 g/mol. The van der Waals surface area contributed by atoms with E-state index in [1.54, 1.807) is 12.1 Å². The molecular formula is C17H16Br2ClF. The predicted molar refractivity (Wildman–Crippen MR) is 95.6 cm³/mol. The molecule has 0 atom stereocenters. The molecule has 0 amide bonds. The molecular weight excluding hydrogens is 418 g/mol. The summed E-state index contributed by atoms with van der Waals surface area (Å²) in [5, 5.41) is 1.79. The van der Waals surface area contributed by atoms with Gasteiger partial charge in [-0.3, -0.25) is 0 Å². The van der Waals surface area contributed by atoms with Crippen LogP contribution in [0.3, 0.4) is 0 Å². The molecule has 2 aromatic rings. The van der Waals surface area contributed by atoms with Gasteiger partial charge in [-0.1, -0.05) is 79.4 Å². The first kappa shape index (κ1) is 17.0. The van der Waals surface area contributed by atoms with Gasteiger partial charge in [0.05, 0.1) is 5.02 Å². The van der Waals surface area contributed by atoms with Crippen molar-refractivity contribution in [2.75, 3.05) is 10.7 Å². The molecule has 0 aliphatic heterocycles. The fourth-order valence-electron chi connectivity index (χ4n) is 2.33. The number of benzene rings is 2. The van der Waals surface area contributed by atoms with Crippen LogP contribution in [0, 0.1) is 12.7 Å². The highest BCUT2D eigenvalue weighted by Crippen LogP contribution is 2.34. The van der Waals surface area contributed by atoms with Crippen molar-refractivity contribution >= 4 is 43.5 Å². The van der Waals surface area contributed by atoms with Crippen LogP contribution >= 0.6 is 43.5 Å². The van der Waals surface area contributed by atoms with Gasteiger partial charge in [0.15, 0.2) is 0 Å². The molecule has 0 unspecified atom stereocenters. The lowest BCUT2D eigenvalue weighted by molar-refractivity contribution is 0.549. The van der Waals surface area contributed by atoms with Gasteiger partial charge in [0.2, 0.25) is 0 Å². The van der Waals surface area contributed by atoms with Gasteiger partial charge in [-0.15, -0.1) is 0 Å². The SMILES string of the molecule is Cc1ccc(C(CBr)(CBr)Cc2ccc(F)c(Cl)c2)cc1. The quantitative estimate of drug-likeness (QED) is 0.502. The van der Waals surface area contributed by atoms with Crippen molar-refractivity contribution in [3.05, 3.63) is 70.0 Å². The van der Waals surface area contributed by atoms with Crippen LogP contribution in [-0.4, -0.2) is 10.7 Å². The van der Waals surface area contributed by atoms with Crippen LogP contribution in [0.25, 0.3) is 0 Å². The molecule has 0 spiro atoms. The lowest BCUT2D eigenvalue weighted by Gasteiger charge is -2.31. The standard InChI is InChI=1S/C17H16Br2ClF/c1-12-2-5-14(6-3-12)17(10-18,11-19)9-13-4-7-16(21)15(20)8-13/h2-8H,9-11H2,1H3. The number of aryl methyl sites for hydroxylation is 1. The smallest absolute Gasteiger partial charge is 0.141 e. The van der Waals surface area contributed by atoms with E-state index in [9.17, 15) is 4.39 Å². The van der Waals surface area contributed by atoms with Crippen molar-refractivity contribution < 1.29 is 4.39 Å². The summed E-state index contributed by atoms with van der Waals surface area (Å²) in [7, 11) is 0. The lowest BCUT2D eigenvalue weighted by Crippen LogP contribution is -2.33. The topological polar surface area (TPSA) is 0 Å². The molecule has 0 heterocycles. The second-order valence-corrected chi connectivity index (χ2v) is 6.87. The van der Waals surface area contributed by atoms with Gasteiger partial charge in [-0.25, -0.2) is 4.39 Å². The third-order valence-corrected chi connectivity index (χ3v) is 6.14. The van der Waals surface area contributed by atoms with E-state index >= 15 is 0 Å². The maximum absolute atomic E-state index is 13.3. The zero-order chi connectivity index (χ0) is 15.5. The Kier molecular flexibility index (Phi) is 5.87. The number of halogens is 4. The van der Waals surface area contributed by atoms with E-state index in [1.807, 2.05) is 0 Å². The van der Waals surface area contributed by atoms with Crippen molar-refractivity contribution in [2.24, 2.45) is 0 Å². The van der Waals surface area contributed by atoms with E-state index in [2.05, 4.69) is 63.0 Å². The zero-order valence-corrected chi connectivity index (χ0v) is 15.6. The third-order valence-electron chi connectivity index (χ3n) is 3.70. The first-order valence-electron chi connectivity index (χ1n) is 6.64. The van der Waals surface area contributed by atoms with E-state index in [-0.39, 0.29) is 16.3 Å². The molecule has 112 valence electrons. The van der Waals surface area contributed by atoms with Crippen molar-refractivity contribution in [3.8, 4) is 0 Å². The van der Waals surface area contributed by atoms with Crippen LogP contribution in [-0.2, 0) is 11.8 Å². The first-order chi connectivity index (χ1) is 10.0. The van der Waals surface area contributed by atoms with Gasteiger partial charge < -0.3 is 0 Å². The summed E-state index contributed by atoms with van der Waals surface area (Å²) < 4.78 is 13.3. The molecule has 4 heteroatoms. The van der Waals surface area contributed by atoms with Crippen LogP contribution in [0.15, 0.2) is 42.5 Å². The van der Waals surface area contributed by atoms with Gasteiger partial charge in [-0.05, 0) is 36.6 Å². The minimum absolute atomic E-state index is 0.0884. The summed E-state index contributed by atoms with van der Waals surface area (Å²) in [5.41, 5.74) is 3.43. The Hall–Kier alpha value is -0.380. The highest BCUT2D eigenvalue weighted by Gasteiger charge is 2.30. The van der Waals surface area contributed by atoms with Crippen LogP contribution < -0.4 is 0 Å². The molecule has 0 N–H and O–H groups in total. The molecule has 0 fully saturated rings. The Labute approximate surface area is 147 Å². The van der Waals surface area contributed by atoms with Crippen LogP contribution in [0.5, 0.6) is 0 Å². The summed E-state index contributed by atoms with van der Waals surface area (Å²) in [6.45, 7) is 2.08. The highest BCUT2D eigenvalue weighted by atomic mass is 79.9. The average molecular weight is 435 g/mol. The van der Waals surface area contributed by atoms with E-state index in [0.29, 0.717) is 0 Å².